The van der Waals surface area contributed by atoms with Crippen LogP contribution >= 0.6 is 0 Å². The van der Waals surface area contributed by atoms with Gasteiger partial charge in [0.1, 0.15) is 12.0 Å². The molecule has 1 aromatic carbocycles. The number of hydrogen-bond donors (Lipinski definition) is 3. The van der Waals surface area contributed by atoms with Gasteiger partial charge in [-0.3, -0.25) is 0 Å². The molecule has 3 N–H and O–H groups in total. The molecule has 0 aromatic heterocycles. The van der Waals surface area contributed by atoms with Crippen LogP contribution in [0.2, 0.25) is 0 Å². The van der Waals surface area contributed by atoms with E-state index in [-0.39, 0.29) is 5.75 Å². The number of nitrogens with one attached hydrogen (secondary N) is 1. The summed E-state index contributed by atoms with van der Waals surface area (Å²) in [4.78, 5) is 0. The third-order valence-corrected chi connectivity index (χ3v) is 2.31. The monoisotopic (exact) mass is 209 g/mol. The maximum atomic E-state index is 9.63. The topological polar surface area (TPSA) is 52.5 Å². The Morgan fingerprint density at radius 3 is 2.67 bits per heavy atom. The highest BCUT2D eigenvalue weighted by atomic mass is 16.3. The Bertz CT molecular complexity index is 289. The Labute approximate surface area is 90.8 Å². The second-order valence-electron chi connectivity index (χ2n) is 3.67. The molecule has 0 aliphatic heterocycles. The van der Waals surface area contributed by atoms with Crippen LogP contribution < -0.4 is 5.32 Å². The van der Waals surface area contributed by atoms with Crippen molar-refractivity contribution in [1.82, 2.24) is 0 Å². The molecule has 0 aliphatic rings. The summed E-state index contributed by atoms with van der Waals surface area (Å²) < 4.78 is 0. The molecular formula is C12H19NO2. The van der Waals surface area contributed by atoms with Crippen molar-refractivity contribution in [2.24, 2.45) is 0 Å². The van der Waals surface area contributed by atoms with Crippen molar-refractivity contribution in [2.75, 3.05) is 5.32 Å². The summed E-state index contributed by atoms with van der Waals surface area (Å²) in [5.74, 6) is 0.173. The summed E-state index contributed by atoms with van der Waals surface area (Å²) in [6.07, 6.45) is 3.40. The molecule has 15 heavy (non-hydrogen) atoms. The third-order valence-electron chi connectivity index (χ3n) is 2.31. The highest BCUT2D eigenvalue weighted by molar-refractivity contribution is 5.55. The number of phenolic OH excluding ortho intramolecular Hbond substituents is 1. The van der Waals surface area contributed by atoms with Crippen molar-refractivity contribution in [1.29, 1.82) is 0 Å². The van der Waals surface area contributed by atoms with E-state index in [9.17, 15) is 10.2 Å². The van der Waals surface area contributed by atoms with E-state index < -0.39 is 6.23 Å². The average Bonchev–Trinajstić information content (AvgIpc) is 2.22. The van der Waals surface area contributed by atoms with Crippen LogP contribution in [0.3, 0.4) is 0 Å². The number of anilines is 1. The fourth-order valence-corrected chi connectivity index (χ4v) is 1.44. The number of aliphatic hydroxyl groups excluding tert-OH is 1. The van der Waals surface area contributed by atoms with Gasteiger partial charge in [0, 0.05) is 0 Å². The number of benzene rings is 1. The third kappa shape index (κ3) is 4.21. The Morgan fingerprint density at radius 2 is 2.00 bits per heavy atom. The lowest BCUT2D eigenvalue weighted by Crippen LogP contribution is -2.18. The number of aliphatic hydroxyl groups is 1. The summed E-state index contributed by atoms with van der Waals surface area (Å²) in [5.41, 5.74) is 0.585. The molecule has 0 saturated heterocycles. The molecule has 0 amide bonds. The van der Waals surface area contributed by atoms with E-state index in [1.807, 2.05) is 6.07 Å². The lowest BCUT2D eigenvalue weighted by atomic mass is 10.2. The van der Waals surface area contributed by atoms with Gasteiger partial charge in [-0.15, -0.1) is 0 Å². The molecule has 1 aromatic rings. The molecule has 0 aliphatic carbocycles. The van der Waals surface area contributed by atoms with Crippen LogP contribution in [0.15, 0.2) is 24.3 Å². The molecule has 0 heterocycles. The van der Waals surface area contributed by atoms with Gasteiger partial charge in [0.2, 0.25) is 0 Å². The number of unbranched alkanes of at least 4 members (excludes halogenated alkanes) is 2. The molecule has 0 radical (unpaired) electrons. The van der Waals surface area contributed by atoms with Crippen LogP contribution in [0, 0.1) is 0 Å². The van der Waals surface area contributed by atoms with Gasteiger partial charge < -0.3 is 15.5 Å². The fraction of sp³-hybridized carbons (Fsp3) is 0.500. The number of aromatic hydroxyl groups is 1. The molecule has 3 nitrogen and oxygen atoms in total. The van der Waals surface area contributed by atoms with Crippen molar-refractivity contribution >= 4 is 5.69 Å². The molecule has 0 bridgehead atoms. The van der Waals surface area contributed by atoms with E-state index in [1.165, 1.54) is 0 Å². The lowest BCUT2D eigenvalue weighted by molar-refractivity contribution is 0.188. The first kappa shape index (κ1) is 11.9. The smallest absolute Gasteiger partial charge is 0.138 e. The average molecular weight is 209 g/mol. The Morgan fingerprint density at radius 1 is 1.27 bits per heavy atom. The summed E-state index contributed by atoms with van der Waals surface area (Å²) in [6, 6.07) is 6.92. The SMILES string of the molecule is CCCCCC(O)Nc1ccccc1O. The van der Waals surface area contributed by atoms with E-state index in [1.54, 1.807) is 18.2 Å². The highest BCUT2D eigenvalue weighted by Crippen LogP contribution is 2.22. The van der Waals surface area contributed by atoms with Crippen molar-refractivity contribution < 1.29 is 10.2 Å². The van der Waals surface area contributed by atoms with E-state index in [0.29, 0.717) is 12.1 Å². The Kier molecular flexibility index (Phi) is 4.98. The van der Waals surface area contributed by atoms with E-state index in [0.717, 1.165) is 19.3 Å². The van der Waals surface area contributed by atoms with Crippen LogP contribution in [0.4, 0.5) is 5.69 Å². The minimum absolute atomic E-state index is 0.173. The van der Waals surface area contributed by atoms with Gasteiger partial charge in [-0.05, 0) is 25.0 Å². The first-order valence-electron chi connectivity index (χ1n) is 5.46. The number of rotatable bonds is 6. The molecule has 0 saturated carbocycles. The predicted octanol–water partition coefficient (Wildman–Crippen LogP) is 2.70. The zero-order chi connectivity index (χ0) is 11.1. The van der Waals surface area contributed by atoms with Crippen LogP contribution in [-0.2, 0) is 0 Å². The minimum Gasteiger partial charge on any atom is -0.506 e. The van der Waals surface area contributed by atoms with Gasteiger partial charge in [0.25, 0.3) is 0 Å². The molecule has 0 spiro atoms. The van der Waals surface area contributed by atoms with E-state index in [4.69, 9.17) is 0 Å². The summed E-state index contributed by atoms with van der Waals surface area (Å²) in [6.45, 7) is 2.13. The van der Waals surface area contributed by atoms with Crippen LogP contribution in [0.5, 0.6) is 5.75 Å². The highest BCUT2D eigenvalue weighted by Gasteiger charge is 2.05. The van der Waals surface area contributed by atoms with Crippen molar-refractivity contribution in [3.63, 3.8) is 0 Å². The molecule has 0 fully saturated rings. The maximum absolute atomic E-state index is 9.63. The maximum Gasteiger partial charge on any atom is 0.138 e. The quantitative estimate of drug-likeness (QED) is 0.383. The molecule has 1 atom stereocenters. The van der Waals surface area contributed by atoms with Crippen LogP contribution in [-0.4, -0.2) is 16.4 Å². The van der Waals surface area contributed by atoms with Gasteiger partial charge in [0.05, 0.1) is 5.69 Å². The van der Waals surface area contributed by atoms with Crippen molar-refractivity contribution in [2.45, 2.75) is 38.8 Å². The first-order valence-corrected chi connectivity index (χ1v) is 5.46. The van der Waals surface area contributed by atoms with Gasteiger partial charge in [-0.1, -0.05) is 31.9 Å². The lowest BCUT2D eigenvalue weighted by Gasteiger charge is -2.14. The summed E-state index contributed by atoms with van der Waals surface area (Å²) in [5, 5.41) is 22.0. The largest absolute Gasteiger partial charge is 0.506 e. The summed E-state index contributed by atoms with van der Waals surface area (Å²) >= 11 is 0. The van der Waals surface area contributed by atoms with Crippen LogP contribution in [0.1, 0.15) is 32.6 Å². The van der Waals surface area contributed by atoms with E-state index in [2.05, 4.69) is 12.2 Å². The van der Waals surface area contributed by atoms with Gasteiger partial charge in [-0.25, -0.2) is 0 Å². The van der Waals surface area contributed by atoms with Crippen molar-refractivity contribution in [3.05, 3.63) is 24.3 Å². The van der Waals surface area contributed by atoms with Crippen molar-refractivity contribution in [3.8, 4) is 5.75 Å². The second-order valence-corrected chi connectivity index (χ2v) is 3.67. The zero-order valence-corrected chi connectivity index (χ0v) is 9.11. The Balaban J connectivity index is 2.37. The molecule has 1 rings (SSSR count). The molecule has 84 valence electrons. The van der Waals surface area contributed by atoms with Gasteiger partial charge in [0.15, 0.2) is 0 Å². The summed E-state index contributed by atoms with van der Waals surface area (Å²) in [7, 11) is 0. The fourth-order valence-electron chi connectivity index (χ4n) is 1.44. The minimum atomic E-state index is -0.579. The molecular weight excluding hydrogens is 190 g/mol. The van der Waals surface area contributed by atoms with Gasteiger partial charge in [-0.2, -0.15) is 0 Å². The second kappa shape index (κ2) is 6.30. The van der Waals surface area contributed by atoms with Gasteiger partial charge >= 0.3 is 0 Å². The first-order chi connectivity index (χ1) is 7.24. The number of para-hydroxylation sites is 2. The standard InChI is InChI=1S/C12H19NO2/c1-2-3-4-9-12(15)13-10-7-5-6-8-11(10)14/h5-8,12-15H,2-4,9H2,1H3. The number of phenols is 1. The zero-order valence-electron chi connectivity index (χ0n) is 9.11. The molecule has 1 unspecified atom stereocenters. The van der Waals surface area contributed by atoms with E-state index >= 15 is 0 Å². The predicted molar refractivity (Wildman–Crippen MR) is 61.9 cm³/mol. The number of hydrogen-bond acceptors (Lipinski definition) is 3. The molecule has 3 heteroatoms. The Hall–Kier alpha value is -1.22. The normalized spacial score (nSPS) is 12.4. The van der Waals surface area contributed by atoms with Crippen LogP contribution in [0.25, 0.3) is 0 Å².